The predicted octanol–water partition coefficient (Wildman–Crippen LogP) is 0.626. The Morgan fingerprint density at radius 3 is 2.94 bits per heavy atom. The molecule has 0 fully saturated rings. The minimum atomic E-state index is -0.0868. The number of hydrogen-bond donors (Lipinski definition) is 2. The largest absolute Gasteiger partial charge is 0.496 e. The van der Waals surface area contributed by atoms with Crippen LogP contribution in [0.5, 0.6) is 11.5 Å². The highest BCUT2D eigenvalue weighted by molar-refractivity contribution is 5.85. The zero-order valence-corrected chi connectivity index (χ0v) is 10.4. The molecule has 1 aliphatic rings. The van der Waals surface area contributed by atoms with E-state index < -0.39 is 0 Å². The third-order valence-electron chi connectivity index (χ3n) is 2.62. The van der Waals surface area contributed by atoms with Crippen molar-refractivity contribution < 1.29 is 9.47 Å². The van der Waals surface area contributed by atoms with Gasteiger partial charge in [-0.25, -0.2) is 0 Å². The molecule has 1 atom stereocenters. The number of ether oxygens (including phenoxy) is 2. The molecule has 0 radical (unpaired) electrons. The van der Waals surface area contributed by atoms with Crippen LogP contribution in [0.2, 0.25) is 0 Å². The van der Waals surface area contributed by atoms with Crippen LogP contribution in [0.15, 0.2) is 22.3 Å². The molecule has 6 nitrogen and oxygen atoms in total. The Balaban J connectivity index is 2.33. The average molecular weight is 248 g/mol. The van der Waals surface area contributed by atoms with E-state index >= 15 is 0 Å². The number of rotatable bonds is 3. The summed E-state index contributed by atoms with van der Waals surface area (Å²) in [6.07, 6.45) is 2.61. The first kappa shape index (κ1) is 12.2. The van der Waals surface area contributed by atoms with Gasteiger partial charge >= 0.3 is 0 Å². The van der Waals surface area contributed by atoms with Crippen LogP contribution in [0.4, 0.5) is 0 Å². The highest BCUT2D eigenvalue weighted by Crippen LogP contribution is 2.34. The fourth-order valence-electron chi connectivity index (χ4n) is 1.89. The van der Waals surface area contributed by atoms with Gasteiger partial charge in [-0.05, 0) is 19.1 Å². The smallest absolute Gasteiger partial charge is 0.211 e. The van der Waals surface area contributed by atoms with Crippen molar-refractivity contribution in [2.24, 2.45) is 21.7 Å². The van der Waals surface area contributed by atoms with Gasteiger partial charge in [-0.1, -0.05) is 0 Å². The third-order valence-corrected chi connectivity index (χ3v) is 2.62. The first-order chi connectivity index (χ1) is 8.60. The molecule has 4 N–H and O–H groups in total. The van der Waals surface area contributed by atoms with Crippen molar-refractivity contribution in [2.45, 2.75) is 19.4 Å². The van der Waals surface area contributed by atoms with Gasteiger partial charge in [-0.3, -0.25) is 0 Å². The Bertz CT molecular complexity index is 507. The number of fused-ring (bicyclic) bond motifs is 1. The van der Waals surface area contributed by atoms with Crippen LogP contribution < -0.4 is 20.9 Å². The molecule has 96 valence electrons. The first-order valence-electron chi connectivity index (χ1n) is 5.59. The zero-order chi connectivity index (χ0) is 13.1. The fourth-order valence-corrected chi connectivity index (χ4v) is 1.89. The van der Waals surface area contributed by atoms with E-state index in [-0.39, 0.29) is 12.1 Å². The van der Waals surface area contributed by atoms with Crippen molar-refractivity contribution in [2.75, 3.05) is 7.11 Å². The molecule has 18 heavy (non-hydrogen) atoms. The van der Waals surface area contributed by atoms with Gasteiger partial charge in [0.05, 0.1) is 13.3 Å². The molecule has 2 rings (SSSR count). The van der Waals surface area contributed by atoms with Crippen molar-refractivity contribution in [3.8, 4) is 11.5 Å². The number of hydrogen-bond acceptors (Lipinski definition) is 4. The van der Waals surface area contributed by atoms with Crippen LogP contribution in [0, 0.1) is 0 Å². The van der Waals surface area contributed by atoms with Crippen molar-refractivity contribution >= 4 is 12.2 Å². The lowest BCUT2D eigenvalue weighted by atomic mass is 10.1. The normalized spacial score (nSPS) is 17.3. The van der Waals surface area contributed by atoms with Crippen molar-refractivity contribution in [1.82, 2.24) is 0 Å². The molecule has 0 amide bonds. The summed E-state index contributed by atoms with van der Waals surface area (Å²) in [6.45, 7) is 2.03. The molecule has 0 spiro atoms. The Kier molecular flexibility index (Phi) is 3.36. The molecule has 0 bridgehead atoms. The summed E-state index contributed by atoms with van der Waals surface area (Å²) >= 11 is 0. The number of methoxy groups -OCH3 is 1. The third kappa shape index (κ3) is 2.53. The molecule has 1 aliphatic heterocycles. The lowest BCUT2D eigenvalue weighted by molar-refractivity contribution is 0.254. The maximum absolute atomic E-state index is 5.67. The van der Waals surface area contributed by atoms with E-state index in [4.69, 9.17) is 20.9 Å². The van der Waals surface area contributed by atoms with Gasteiger partial charge in [-0.2, -0.15) is 5.10 Å². The van der Waals surface area contributed by atoms with Gasteiger partial charge in [0.25, 0.3) is 0 Å². The molecular formula is C12H16N4O2. The quantitative estimate of drug-likeness (QED) is 0.466. The monoisotopic (exact) mass is 248 g/mol. The maximum Gasteiger partial charge on any atom is 0.211 e. The highest BCUT2D eigenvalue weighted by Gasteiger charge is 2.21. The van der Waals surface area contributed by atoms with Crippen LogP contribution in [0.1, 0.15) is 18.1 Å². The zero-order valence-electron chi connectivity index (χ0n) is 10.4. The molecule has 0 aliphatic carbocycles. The SMILES string of the molecule is COc1cc2c(cc1/C=N\N=C(N)N)O[C@@H](C)C2. The summed E-state index contributed by atoms with van der Waals surface area (Å²) in [4.78, 5) is 0. The maximum atomic E-state index is 5.67. The summed E-state index contributed by atoms with van der Waals surface area (Å²) < 4.78 is 11.0. The van der Waals surface area contributed by atoms with E-state index in [2.05, 4.69) is 10.2 Å². The van der Waals surface area contributed by atoms with E-state index in [1.165, 1.54) is 6.21 Å². The number of benzene rings is 1. The number of guanidine groups is 1. The Morgan fingerprint density at radius 1 is 1.50 bits per heavy atom. The van der Waals surface area contributed by atoms with E-state index in [9.17, 15) is 0 Å². The molecule has 0 saturated carbocycles. The van der Waals surface area contributed by atoms with Gasteiger partial charge in [-0.15, -0.1) is 5.10 Å². The molecule has 1 heterocycles. The number of nitrogens with zero attached hydrogens (tertiary/aromatic N) is 2. The lowest BCUT2D eigenvalue weighted by Gasteiger charge is -2.07. The predicted molar refractivity (Wildman–Crippen MR) is 70.2 cm³/mol. The van der Waals surface area contributed by atoms with Crippen molar-refractivity contribution in [1.29, 1.82) is 0 Å². The summed E-state index contributed by atoms with van der Waals surface area (Å²) in [6, 6.07) is 3.83. The van der Waals surface area contributed by atoms with Gasteiger partial charge < -0.3 is 20.9 Å². The van der Waals surface area contributed by atoms with E-state index in [1.54, 1.807) is 7.11 Å². The molecule has 1 aromatic rings. The Morgan fingerprint density at radius 2 is 2.28 bits per heavy atom. The Labute approximate surface area is 105 Å². The second-order valence-electron chi connectivity index (χ2n) is 4.10. The van der Waals surface area contributed by atoms with Gasteiger partial charge in [0, 0.05) is 17.5 Å². The van der Waals surface area contributed by atoms with Crippen molar-refractivity contribution in [3.05, 3.63) is 23.3 Å². The van der Waals surface area contributed by atoms with Crippen LogP contribution in [-0.2, 0) is 6.42 Å². The molecule has 1 aromatic carbocycles. The molecule has 0 aromatic heterocycles. The van der Waals surface area contributed by atoms with E-state index in [1.807, 2.05) is 19.1 Å². The van der Waals surface area contributed by atoms with Crippen LogP contribution >= 0.6 is 0 Å². The average Bonchev–Trinajstić information content (AvgIpc) is 2.66. The minimum Gasteiger partial charge on any atom is -0.496 e. The summed E-state index contributed by atoms with van der Waals surface area (Å²) in [5, 5.41) is 7.32. The second-order valence-corrected chi connectivity index (χ2v) is 4.10. The first-order valence-corrected chi connectivity index (χ1v) is 5.59. The Hall–Kier alpha value is -2.24. The van der Waals surface area contributed by atoms with Crippen LogP contribution in [0.25, 0.3) is 0 Å². The summed E-state index contributed by atoms with van der Waals surface area (Å²) in [5.41, 5.74) is 12.3. The van der Waals surface area contributed by atoms with Crippen LogP contribution in [-0.4, -0.2) is 25.4 Å². The fraction of sp³-hybridized carbons (Fsp3) is 0.333. The van der Waals surface area contributed by atoms with Gasteiger partial charge in [0.1, 0.15) is 17.6 Å². The molecule has 6 heteroatoms. The van der Waals surface area contributed by atoms with Crippen LogP contribution in [0.3, 0.4) is 0 Å². The summed E-state index contributed by atoms with van der Waals surface area (Å²) in [7, 11) is 1.61. The minimum absolute atomic E-state index is 0.0868. The molecule has 0 saturated heterocycles. The van der Waals surface area contributed by atoms with Crippen molar-refractivity contribution in [3.63, 3.8) is 0 Å². The molecular weight excluding hydrogens is 232 g/mol. The highest BCUT2D eigenvalue weighted by atomic mass is 16.5. The second kappa shape index (κ2) is 4.95. The van der Waals surface area contributed by atoms with Gasteiger partial charge in [0.2, 0.25) is 5.96 Å². The molecule has 0 unspecified atom stereocenters. The summed E-state index contributed by atoms with van der Waals surface area (Å²) in [5.74, 6) is 1.49. The standard InChI is InChI=1S/C12H16N4O2/c1-7-3-8-4-10(17-2)9(5-11(8)18-7)6-15-16-12(13)14/h4-7H,3H2,1-2H3,(H4,13,14,16)/b15-6-/t7-/m0/s1. The van der Waals surface area contributed by atoms with E-state index in [0.29, 0.717) is 0 Å². The lowest BCUT2D eigenvalue weighted by Crippen LogP contribution is -2.21. The van der Waals surface area contributed by atoms with Gasteiger partial charge in [0.15, 0.2) is 0 Å². The van der Waals surface area contributed by atoms with E-state index in [0.717, 1.165) is 29.0 Å². The number of nitrogens with two attached hydrogens (primary N) is 2. The topological polar surface area (TPSA) is 95.2 Å².